The summed E-state index contributed by atoms with van der Waals surface area (Å²) in [4.78, 5) is 17.1. The highest BCUT2D eigenvalue weighted by Gasteiger charge is 2.23. The Balaban J connectivity index is 1.60. The van der Waals surface area contributed by atoms with E-state index in [0.717, 1.165) is 43.9 Å². The van der Waals surface area contributed by atoms with Gasteiger partial charge in [-0.15, -0.1) is 0 Å². The molecule has 0 unspecified atom stereocenters. The molecule has 2 N–H and O–H groups in total. The predicted molar refractivity (Wildman–Crippen MR) is 98.0 cm³/mol. The molecule has 1 amide bonds. The summed E-state index contributed by atoms with van der Waals surface area (Å²) in [6.07, 6.45) is 0. The van der Waals surface area contributed by atoms with Gasteiger partial charge in [-0.2, -0.15) is 0 Å². The molecule has 0 aromatic heterocycles. The van der Waals surface area contributed by atoms with Crippen LogP contribution in [0.2, 0.25) is 0 Å². The van der Waals surface area contributed by atoms with Crippen LogP contribution in [0.15, 0.2) is 42.5 Å². The molecule has 1 saturated heterocycles. The SMILES string of the molecule is Cc1cccc(CN2CCN(C(=O)c3cc(N)ccc3C)CC2)c1. The fraction of sp³-hybridized carbons (Fsp3) is 0.350. The van der Waals surface area contributed by atoms with Crippen molar-refractivity contribution in [2.45, 2.75) is 20.4 Å². The van der Waals surface area contributed by atoms with Crippen LogP contribution in [-0.4, -0.2) is 41.9 Å². The standard InChI is InChI=1S/C20H25N3O/c1-15-4-3-5-17(12-15)14-22-8-10-23(11-9-22)20(24)19-13-18(21)7-6-16(19)2/h3-7,12-13H,8-11,14,21H2,1-2H3. The van der Waals surface area contributed by atoms with Crippen molar-refractivity contribution in [2.24, 2.45) is 0 Å². The number of nitrogens with zero attached hydrogens (tertiary/aromatic N) is 2. The first-order valence-corrected chi connectivity index (χ1v) is 8.46. The largest absolute Gasteiger partial charge is 0.399 e. The number of amides is 1. The lowest BCUT2D eigenvalue weighted by molar-refractivity contribution is 0.0628. The zero-order valence-electron chi connectivity index (χ0n) is 14.5. The van der Waals surface area contributed by atoms with Crippen LogP contribution in [0.25, 0.3) is 0 Å². The van der Waals surface area contributed by atoms with Crippen molar-refractivity contribution in [1.29, 1.82) is 0 Å². The van der Waals surface area contributed by atoms with E-state index in [-0.39, 0.29) is 5.91 Å². The first-order valence-electron chi connectivity index (χ1n) is 8.46. The average molecular weight is 323 g/mol. The van der Waals surface area contributed by atoms with Gasteiger partial charge in [0, 0.05) is 44.0 Å². The van der Waals surface area contributed by atoms with E-state index in [1.165, 1.54) is 11.1 Å². The van der Waals surface area contributed by atoms with Crippen molar-refractivity contribution in [3.8, 4) is 0 Å². The van der Waals surface area contributed by atoms with Crippen LogP contribution >= 0.6 is 0 Å². The quantitative estimate of drug-likeness (QED) is 0.884. The van der Waals surface area contributed by atoms with E-state index in [1.807, 2.05) is 24.0 Å². The van der Waals surface area contributed by atoms with Crippen molar-refractivity contribution >= 4 is 11.6 Å². The molecule has 0 atom stereocenters. The topological polar surface area (TPSA) is 49.6 Å². The van der Waals surface area contributed by atoms with Crippen molar-refractivity contribution < 1.29 is 4.79 Å². The summed E-state index contributed by atoms with van der Waals surface area (Å²) in [7, 11) is 0. The number of benzene rings is 2. The lowest BCUT2D eigenvalue weighted by Gasteiger charge is -2.35. The van der Waals surface area contributed by atoms with E-state index in [4.69, 9.17) is 5.73 Å². The number of hydrogen-bond donors (Lipinski definition) is 1. The first kappa shape index (κ1) is 16.5. The Labute approximate surface area is 143 Å². The van der Waals surface area contributed by atoms with E-state index in [0.29, 0.717) is 5.69 Å². The van der Waals surface area contributed by atoms with Crippen LogP contribution in [-0.2, 0) is 6.54 Å². The highest BCUT2D eigenvalue weighted by atomic mass is 16.2. The van der Waals surface area contributed by atoms with Crippen molar-refractivity contribution in [1.82, 2.24) is 9.80 Å². The number of anilines is 1. The first-order chi connectivity index (χ1) is 11.5. The minimum Gasteiger partial charge on any atom is -0.399 e. The average Bonchev–Trinajstić information content (AvgIpc) is 2.57. The van der Waals surface area contributed by atoms with E-state index in [2.05, 4.69) is 36.1 Å². The number of carbonyl (C=O) groups is 1. The maximum absolute atomic E-state index is 12.7. The normalized spacial score (nSPS) is 15.5. The Morgan fingerprint density at radius 2 is 1.79 bits per heavy atom. The van der Waals surface area contributed by atoms with Gasteiger partial charge in [0.05, 0.1) is 0 Å². The van der Waals surface area contributed by atoms with Crippen molar-refractivity contribution in [3.63, 3.8) is 0 Å². The number of carbonyl (C=O) groups excluding carboxylic acids is 1. The number of aryl methyl sites for hydroxylation is 2. The van der Waals surface area contributed by atoms with Crippen LogP contribution in [0, 0.1) is 13.8 Å². The third-order valence-electron chi connectivity index (χ3n) is 4.64. The van der Waals surface area contributed by atoms with E-state index < -0.39 is 0 Å². The van der Waals surface area contributed by atoms with E-state index in [1.54, 1.807) is 6.07 Å². The van der Waals surface area contributed by atoms with Gasteiger partial charge in [-0.05, 0) is 37.1 Å². The van der Waals surface area contributed by atoms with Crippen molar-refractivity contribution in [2.75, 3.05) is 31.9 Å². The molecular formula is C20H25N3O. The zero-order chi connectivity index (χ0) is 17.1. The maximum Gasteiger partial charge on any atom is 0.254 e. The molecule has 2 aromatic rings. The molecular weight excluding hydrogens is 298 g/mol. The van der Waals surface area contributed by atoms with Gasteiger partial charge >= 0.3 is 0 Å². The van der Waals surface area contributed by atoms with Gasteiger partial charge in [-0.3, -0.25) is 9.69 Å². The van der Waals surface area contributed by atoms with Crippen LogP contribution in [0.3, 0.4) is 0 Å². The van der Waals surface area contributed by atoms with Crippen LogP contribution < -0.4 is 5.73 Å². The molecule has 3 rings (SSSR count). The van der Waals surface area contributed by atoms with Gasteiger partial charge in [0.25, 0.3) is 5.91 Å². The van der Waals surface area contributed by atoms with E-state index >= 15 is 0 Å². The van der Waals surface area contributed by atoms with Gasteiger partial charge < -0.3 is 10.6 Å². The summed E-state index contributed by atoms with van der Waals surface area (Å²) >= 11 is 0. The van der Waals surface area contributed by atoms with Gasteiger partial charge in [-0.1, -0.05) is 35.9 Å². The summed E-state index contributed by atoms with van der Waals surface area (Å²) in [6, 6.07) is 14.2. The number of hydrogen-bond acceptors (Lipinski definition) is 3. The predicted octanol–water partition coefficient (Wildman–Crippen LogP) is 2.84. The second kappa shape index (κ2) is 7.05. The molecule has 1 aliphatic heterocycles. The Morgan fingerprint density at radius 1 is 1.04 bits per heavy atom. The number of nitrogens with two attached hydrogens (primary N) is 1. The fourth-order valence-corrected chi connectivity index (χ4v) is 3.22. The summed E-state index contributed by atoms with van der Waals surface area (Å²) in [5, 5.41) is 0. The molecule has 0 saturated carbocycles. The van der Waals surface area contributed by atoms with Crippen LogP contribution in [0.1, 0.15) is 27.0 Å². The van der Waals surface area contributed by atoms with Crippen molar-refractivity contribution in [3.05, 3.63) is 64.7 Å². The Hall–Kier alpha value is -2.33. The van der Waals surface area contributed by atoms with Crippen LogP contribution in [0.5, 0.6) is 0 Å². The lowest BCUT2D eigenvalue weighted by atomic mass is 10.1. The molecule has 24 heavy (non-hydrogen) atoms. The minimum absolute atomic E-state index is 0.0926. The van der Waals surface area contributed by atoms with Crippen LogP contribution in [0.4, 0.5) is 5.69 Å². The molecule has 0 spiro atoms. The Kier molecular flexibility index (Phi) is 4.86. The molecule has 1 heterocycles. The highest BCUT2D eigenvalue weighted by molar-refractivity contribution is 5.96. The molecule has 2 aromatic carbocycles. The third kappa shape index (κ3) is 3.77. The lowest BCUT2D eigenvalue weighted by Crippen LogP contribution is -2.48. The monoisotopic (exact) mass is 323 g/mol. The van der Waals surface area contributed by atoms with Gasteiger partial charge in [0.15, 0.2) is 0 Å². The van der Waals surface area contributed by atoms with Gasteiger partial charge in [0.2, 0.25) is 0 Å². The number of piperazine rings is 1. The second-order valence-electron chi connectivity index (χ2n) is 6.63. The van der Waals surface area contributed by atoms with Gasteiger partial charge in [-0.25, -0.2) is 0 Å². The summed E-state index contributed by atoms with van der Waals surface area (Å²) < 4.78 is 0. The fourth-order valence-electron chi connectivity index (χ4n) is 3.22. The molecule has 4 heteroatoms. The zero-order valence-corrected chi connectivity index (χ0v) is 14.5. The minimum atomic E-state index is 0.0926. The van der Waals surface area contributed by atoms with Gasteiger partial charge in [0.1, 0.15) is 0 Å². The molecule has 4 nitrogen and oxygen atoms in total. The highest BCUT2D eigenvalue weighted by Crippen LogP contribution is 2.17. The van der Waals surface area contributed by atoms with E-state index in [9.17, 15) is 4.79 Å². The number of rotatable bonds is 3. The maximum atomic E-state index is 12.7. The third-order valence-corrected chi connectivity index (χ3v) is 4.64. The number of nitrogen functional groups attached to an aromatic ring is 1. The summed E-state index contributed by atoms with van der Waals surface area (Å²) in [6.45, 7) is 8.36. The Bertz CT molecular complexity index is 733. The molecule has 0 bridgehead atoms. The molecule has 1 aliphatic rings. The molecule has 0 aliphatic carbocycles. The Morgan fingerprint density at radius 3 is 2.50 bits per heavy atom. The summed E-state index contributed by atoms with van der Waals surface area (Å²) in [5.41, 5.74) is 10.8. The molecule has 126 valence electrons. The summed E-state index contributed by atoms with van der Waals surface area (Å²) in [5.74, 6) is 0.0926. The second-order valence-corrected chi connectivity index (χ2v) is 6.63. The smallest absolute Gasteiger partial charge is 0.254 e. The molecule has 1 fully saturated rings. The molecule has 0 radical (unpaired) electrons.